The Bertz CT molecular complexity index is 1180. The Kier molecular flexibility index (Phi) is 6.18. The van der Waals surface area contributed by atoms with Crippen LogP contribution in [-0.4, -0.2) is 16.9 Å². The summed E-state index contributed by atoms with van der Waals surface area (Å²) in [6.45, 7) is 3.83. The maximum Gasteiger partial charge on any atom is 0.346 e. The molecule has 4 rings (SSSR count). The molecule has 0 aliphatic heterocycles. The number of hydrogen-bond acceptors (Lipinski definition) is 6. The van der Waals surface area contributed by atoms with E-state index in [1.165, 1.54) is 23.9 Å². The van der Waals surface area contributed by atoms with Crippen molar-refractivity contribution in [2.24, 2.45) is 5.41 Å². The molecular weight excluding hydrogens is 424 g/mol. The molecule has 1 amide bonds. The van der Waals surface area contributed by atoms with Crippen molar-refractivity contribution in [2.75, 3.05) is 5.32 Å². The first-order valence-electron chi connectivity index (χ1n) is 10.1. The Morgan fingerprint density at radius 3 is 2.41 bits per heavy atom. The van der Waals surface area contributed by atoms with Gasteiger partial charge in [0.15, 0.2) is 5.13 Å². The highest BCUT2D eigenvalue weighted by molar-refractivity contribution is 7.13. The molecule has 0 aliphatic carbocycles. The second-order valence-corrected chi connectivity index (χ2v) is 8.72. The number of rotatable bonds is 7. The van der Waals surface area contributed by atoms with Crippen molar-refractivity contribution in [2.45, 2.75) is 19.8 Å². The van der Waals surface area contributed by atoms with Crippen molar-refractivity contribution in [3.05, 3.63) is 101 Å². The lowest BCUT2D eigenvalue weighted by Crippen LogP contribution is -2.37. The van der Waals surface area contributed by atoms with Gasteiger partial charge in [-0.2, -0.15) is 0 Å². The predicted octanol–water partition coefficient (Wildman–Crippen LogP) is 6.00. The van der Waals surface area contributed by atoms with Crippen LogP contribution in [0.3, 0.4) is 0 Å². The molecule has 0 unspecified atom stereocenters. The Morgan fingerprint density at radius 1 is 1.06 bits per heavy atom. The number of carbonyl (C=O) groups is 2. The van der Waals surface area contributed by atoms with E-state index in [4.69, 9.17) is 9.15 Å². The van der Waals surface area contributed by atoms with Crippen LogP contribution in [0.2, 0.25) is 0 Å². The fourth-order valence-electron chi connectivity index (χ4n) is 3.62. The molecule has 0 radical (unpaired) electrons. The number of furan rings is 1. The number of amides is 1. The lowest BCUT2D eigenvalue weighted by Gasteiger charge is -2.33. The monoisotopic (exact) mass is 448 g/mol. The normalized spacial score (nSPS) is 12.2. The lowest BCUT2D eigenvalue weighted by molar-refractivity contribution is -0.124. The van der Waals surface area contributed by atoms with E-state index in [2.05, 4.69) is 10.3 Å². The van der Waals surface area contributed by atoms with Gasteiger partial charge in [-0.1, -0.05) is 56.3 Å². The van der Waals surface area contributed by atoms with Gasteiger partial charge in [-0.15, -0.1) is 11.3 Å². The van der Waals surface area contributed by atoms with Crippen LogP contribution in [0.4, 0.5) is 5.13 Å². The molecule has 6 nitrogen and oxygen atoms in total. The summed E-state index contributed by atoms with van der Waals surface area (Å²) in [5, 5.41) is 5.31. The zero-order chi connectivity index (χ0) is 22.6. The first-order chi connectivity index (χ1) is 15.4. The summed E-state index contributed by atoms with van der Waals surface area (Å²) in [6.07, 6.45) is 4.42. The highest BCUT2D eigenvalue weighted by Gasteiger charge is 2.39. The topological polar surface area (TPSA) is 81.4 Å². The summed E-state index contributed by atoms with van der Waals surface area (Å²) >= 11 is 1.38. The van der Waals surface area contributed by atoms with Gasteiger partial charge in [0, 0.05) is 18.9 Å². The second kappa shape index (κ2) is 9.20. The van der Waals surface area contributed by atoms with Gasteiger partial charge in [0.1, 0.15) is 12.0 Å². The third-order valence-electron chi connectivity index (χ3n) is 5.27. The highest BCUT2D eigenvalue weighted by atomic mass is 32.1. The molecule has 164 valence electrons. The number of aromatic nitrogens is 1. The minimum atomic E-state index is -0.790. The summed E-state index contributed by atoms with van der Waals surface area (Å²) in [4.78, 5) is 29.6. The van der Waals surface area contributed by atoms with E-state index in [1.54, 1.807) is 24.4 Å². The quantitative estimate of drug-likeness (QED) is 0.277. The van der Waals surface area contributed by atoms with E-state index in [9.17, 15) is 9.59 Å². The largest absolute Gasteiger partial charge is 0.472 e. The molecule has 0 spiro atoms. The molecule has 2 aromatic carbocycles. The Labute approximate surface area is 191 Å². The highest BCUT2D eigenvalue weighted by Crippen LogP contribution is 2.42. The Balaban J connectivity index is 0.00000306. The van der Waals surface area contributed by atoms with Crippen molar-refractivity contribution in [3.8, 4) is 5.75 Å². The van der Waals surface area contributed by atoms with Crippen LogP contribution in [0.25, 0.3) is 0 Å². The van der Waals surface area contributed by atoms with E-state index >= 15 is 0 Å². The molecule has 0 aliphatic rings. The summed E-state index contributed by atoms with van der Waals surface area (Å²) in [6, 6.07) is 18.7. The van der Waals surface area contributed by atoms with Gasteiger partial charge in [0.2, 0.25) is 5.91 Å². The summed E-state index contributed by atoms with van der Waals surface area (Å²) < 4.78 is 10.3. The maximum atomic E-state index is 13.2. The van der Waals surface area contributed by atoms with Crippen LogP contribution < -0.4 is 10.1 Å². The number of ether oxygens (including phenoxy) is 1. The third kappa shape index (κ3) is 4.63. The molecular formula is C25H24N2O4S. The van der Waals surface area contributed by atoms with Gasteiger partial charge in [-0.3, -0.25) is 4.79 Å². The second-order valence-electron chi connectivity index (χ2n) is 7.83. The van der Waals surface area contributed by atoms with Gasteiger partial charge in [-0.25, -0.2) is 9.78 Å². The molecule has 0 fully saturated rings. The van der Waals surface area contributed by atoms with E-state index < -0.39 is 11.4 Å². The average Bonchev–Trinajstić information content (AvgIpc) is 3.50. The van der Waals surface area contributed by atoms with Crippen LogP contribution in [0, 0.1) is 5.41 Å². The van der Waals surface area contributed by atoms with E-state index in [1.807, 2.05) is 61.7 Å². The minimum absolute atomic E-state index is 0. The van der Waals surface area contributed by atoms with Gasteiger partial charge < -0.3 is 14.5 Å². The number of nitrogens with one attached hydrogen (secondary N) is 1. The molecule has 0 bridgehead atoms. The number of anilines is 1. The van der Waals surface area contributed by atoms with E-state index in [-0.39, 0.29) is 13.3 Å². The minimum Gasteiger partial charge on any atom is -0.472 e. The average molecular weight is 449 g/mol. The van der Waals surface area contributed by atoms with Crippen LogP contribution >= 0.6 is 11.3 Å². The van der Waals surface area contributed by atoms with Gasteiger partial charge >= 0.3 is 5.97 Å². The van der Waals surface area contributed by atoms with Crippen LogP contribution in [0.5, 0.6) is 5.75 Å². The first-order valence-corrected chi connectivity index (χ1v) is 10.9. The van der Waals surface area contributed by atoms with Gasteiger partial charge in [-0.05, 0) is 29.3 Å². The van der Waals surface area contributed by atoms with Crippen LogP contribution in [-0.2, 0) is 4.79 Å². The third-order valence-corrected chi connectivity index (χ3v) is 5.96. The zero-order valence-corrected chi connectivity index (χ0v) is 18.5. The number of nitrogens with zero attached hydrogens (tertiary/aromatic N) is 1. The molecule has 1 N–H and O–H groups in total. The Morgan fingerprint density at radius 2 is 1.78 bits per heavy atom. The van der Waals surface area contributed by atoms with Crippen LogP contribution in [0.1, 0.15) is 42.7 Å². The van der Waals surface area contributed by atoms with Crippen molar-refractivity contribution >= 4 is 28.3 Å². The van der Waals surface area contributed by atoms with Crippen molar-refractivity contribution in [1.29, 1.82) is 0 Å². The fourth-order valence-corrected chi connectivity index (χ4v) is 4.14. The number of carbonyl (C=O) groups excluding carboxylic acids is 2. The molecule has 32 heavy (non-hydrogen) atoms. The van der Waals surface area contributed by atoms with Gasteiger partial charge in [0.05, 0.1) is 17.2 Å². The molecule has 2 heterocycles. The molecule has 0 saturated heterocycles. The van der Waals surface area contributed by atoms with E-state index in [0.29, 0.717) is 16.4 Å². The molecule has 7 heteroatoms. The van der Waals surface area contributed by atoms with Crippen molar-refractivity contribution < 1.29 is 20.2 Å². The van der Waals surface area contributed by atoms with Crippen LogP contribution in [0.15, 0.2) is 89.2 Å². The SMILES string of the molecule is CC(C)(C(=O)Nc1nccs1)[C@H](c1ccccc1)c1ccc(OC(=O)c2ccoc2)cc1.[HH]. The molecule has 2 aromatic heterocycles. The number of esters is 1. The fraction of sp³-hybridized carbons (Fsp3) is 0.160. The molecule has 1 atom stereocenters. The maximum absolute atomic E-state index is 13.2. The smallest absolute Gasteiger partial charge is 0.346 e. The summed E-state index contributed by atoms with van der Waals surface area (Å²) in [5.74, 6) is -0.440. The number of benzene rings is 2. The van der Waals surface area contributed by atoms with E-state index in [0.717, 1.165) is 11.1 Å². The van der Waals surface area contributed by atoms with Crippen molar-refractivity contribution in [1.82, 2.24) is 4.98 Å². The molecule has 0 saturated carbocycles. The zero-order valence-electron chi connectivity index (χ0n) is 17.6. The standard InChI is InChI=1S/C25H22N2O4S.H2/c1-25(2,23(29)27-24-26-13-15-32-24)21(17-6-4-3-5-7-17)18-8-10-20(11-9-18)31-22(28)19-12-14-30-16-19;/h3-16,21H,1-2H3,(H,26,27,29);1H/t21-;/m1./s1. The first kappa shape index (κ1) is 21.5. The van der Waals surface area contributed by atoms with Gasteiger partial charge in [0.25, 0.3) is 0 Å². The van der Waals surface area contributed by atoms with Crippen molar-refractivity contribution in [3.63, 3.8) is 0 Å². The predicted molar refractivity (Wildman–Crippen MR) is 125 cm³/mol. The number of hydrogen-bond donors (Lipinski definition) is 1. The Hall–Kier alpha value is -3.71. The number of thiazole rings is 1. The molecule has 4 aromatic rings. The summed E-state index contributed by atoms with van der Waals surface area (Å²) in [7, 11) is 0. The lowest BCUT2D eigenvalue weighted by atomic mass is 9.70. The summed E-state index contributed by atoms with van der Waals surface area (Å²) in [5.41, 5.74) is 1.49.